The van der Waals surface area contributed by atoms with E-state index in [4.69, 9.17) is 0 Å². The lowest BCUT2D eigenvalue weighted by atomic mass is 10.3. The van der Waals surface area contributed by atoms with E-state index < -0.39 is 22.4 Å². The Labute approximate surface area is 64.2 Å². The first-order valence-electron chi connectivity index (χ1n) is 2.81. The summed E-state index contributed by atoms with van der Waals surface area (Å²) in [6, 6.07) is 0. The van der Waals surface area contributed by atoms with Crippen LogP contribution in [0.3, 0.4) is 0 Å². The van der Waals surface area contributed by atoms with Crippen LogP contribution in [0.2, 0.25) is 0 Å². The van der Waals surface area contributed by atoms with Crippen molar-refractivity contribution in [2.24, 2.45) is 0 Å². The Morgan fingerprint density at radius 3 is 2.33 bits per heavy atom. The van der Waals surface area contributed by atoms with Crippen LogP contribution in [0.1, 0.15) is 5.56 Å². The summed E-state index contributed by atoms with van der Waals surface area (Å²) in [4.78, 5) is 11.0. The van der Waals surface area contributed by atoms with Crippen LogP contribution < -0.4 is 0 Å². The fourth-order valence-corrected chi connectivity index (χ4v) is 0.734. The van der Waals surface area contributed by atoms with Crippen molar-refractivity contribution in [3.63, 3.8) is 0 Å². The standard InChI is InChI=1S/C5H3F3N2O2/c6-5(7,8)3-1-9-2-4(3)10(11)12/h1-2,9H. The molecule has 0 atom stereocenters. The molecule has 1 heterocycles. The molecule has 0 aliphatic rings. The molecule has 0 aliphatic carbocycles. The number of hydrogen-bond donors (Lipinski definition) is 1. The maximum Gasteiger partial charge on any atom is 0.424 e. The van der Waals surface area contributed by atoms with Gasteiger partial charge in [-0.15, -0.1) is 0 Å². The van der Waals surface area contributed by atoms with Gasteiger partial charge in [-0.1, -0.05) is 0 Å². The number of alkyl halides is 3. The number of H-pyrrole nitrogens is 1. The predicted molar refractivity (Wildman–Crippen MR) is 32.4 cm³/mol. The van der Waals surface area contributed by atoms with Gasteiger partial charge in [-0.05, 0) is 0 Å². The number of aromatic nitrogens is 1. The molecule has 0 saturated heterocycles. The fraction of sp³-hybridized carbons (Fsp3) is 0.200. The molecule has 1 aromatic heterocycles. The topological polar surface area (TPSA) is 58.9 Å². The van der Waals surface area contributed by atoms with Gasteiger partial charge in [-0.3, -0.25) is 10.1 Å². The van der Waals surface area contributed by atoms with Gasteiger partial charge < -0.3 is 4.98 Å². The number of halogens is 3. The first-order chi connectivity index (χ1) is 5.43. The molecule has 7 heteroatoms. The van der Waals surface area contributed by atoms with Crippen LogP contribution >= 0.6 is 0 Å². The smallest absolute Gasteiger partial charge is 0.361 e. The van der Waals surface area contributed by atoms with Crippen molar-refractivity contribution in [1.82, 2.24) is 4.98 Å². The minimum absolute atomic E-state index is 0.554. The zero-order valence-corrected chi connectivity index (χ0v) is 5.55. The van der Waals surface area contributed by atoms with Crippen molar-refractivity contribution in [3.8, 4) is 0 Å². The molecule has 1 N–H and O–H groups in total. The molecule has 4 nitrogen and oxygen atoms in total. The van der Waals surface area contributed by atoms with Gasteiger partial charge in [0.25, 0.3) is 5.69 Å². The second kappa shape index (κ2) is 2.50. The zero-order valence-electron chi connectivity index (χ0n) is 5.55. The van der Waals surface area contributed by atoms with Gasteiger partial charge in [0.2, 0.25) is 0 Å². The molecular formula is C5H3F3N2O2. The van der Waals surface area contributed by atoms with Crippen LogP contribution in [0.5, 0.6) is 0 Å². The van der Waals surface area contributed by atoms with Gasteiger partial charge >= 0.3 is 6.18 Å². The molecule has 0 bridgehead atoms. The fourth-order valence-electron chi connectivity index (χ4n) is 0.734. The number of nitrogens with one attached hydrogen (secondary N) is 1. The van der Waals surface area contributed by atoms with Crippen molar-refractivity contribution in [3.05, 3.63) is 28.1 Å². The third-order valence-corrected chi connectivity index (χ3v) is 1.23. The minimum atomic E-state index is -4.68. The van der Waals surface area contributed by atoms with Crippen LogP contribution in [-0.4, -0.2) is 9.91 Å². The Morgan fingerprint density at radius 2 is 2.00 bits per heavy atom. The molecule has 1 aromatic rings. The highest BCUT2D eigenvalue weighted by Gasteiger charge is 2.38. The number of rotatable bonds is 1. The van der Waals surface area contributed by atoms with E-state index in [9.17, 15) is 23.3 Å². The number of nitro groups is 1. The Morgan fingerprint density at radius 1 is 1.42 bits per heavy atom. The second-order valence-corrected chi connectivity index (χ2v) is 2.01. The summed E-state index contributed by atoms with van der Waals surface area (Å²) in [7, 11) is 0. The lowest BCUT2D eigenvalue weighted by Crippen LogP contribution is -2.06. The van der Waals surface area contributed by atoms with Crippen molar-refractivity contribution < 1.29 is 18.1 Å². The van der Waals surface area contributed by atoms with Crippen molar-refractivity contribution in [2.75, 3.05) is 0 Å². The van der Waals surface area contributed by atoms with E-state index in [2.05, 4.69) is 0 Å². The van der Waals surface area contributed by atoms with Gasteiger partial charge in [0.05, 0.1) is 11.1 Å². The molecule has 0 amide bonds. The average Bonchev–Trinajstić information content (AvgIpc) is 2.30. The summed E-state index contributed by atoms with van der Waals surface area (Å²) in [5, 5.41) is 10.0. The molecule has 0 aromatic carbocycles. The maximum atomic E-state index is 11.9. The van der Waals surface area contributed by atoms with E-state index >= 15 is 0 Å². The summed E-state index contributed by atoms with van der Waals surface area (Å²) >= 11 is 0. The van der Waals surface area contributed by atoms with Gasteiger partial charge in [0.15, 0.2) is 5.56 Å². The Kier molecular flexibility index (Phi) is 1.79. The SMILES string of the molecule is O=[N+]([O-])c1c[nH]cc1C(F)(F)F. The zero-order chi connectivity index (χ0) is 9.35. The van der Waals surface area contributed by atoms with Crippen LogP contribution in [0, 0.1) is 10.1 Å². The predicted octanol–water partition coefficient (Wildman–Crippen LogP) is 1.94. The van der Waals surface area contributed by atoms with E-state index in [0.717, 1.165) is 0 Å². The van der Waals surface area contributed by atoms with Crippen LogP contribution in [0.4, 0.5) is 18.9 Å². The molecule has 0 fully saturated rings. The van der Waals surface area contributed by atoms with Gasteiger partial charge in [-0.2, -0.15) is 13.2 Å². The summed E-state index contributed by atoms with van der Waals surface area (Å²) < 4.78 is 35.8. The minimum Gasteiger partial charge on any atom is -0.361 e. The number of aromatic amines is 1. The molecule has 0 spiro atoms. The number of hydrogen-bond acceptors (Lipinski definition) is 2. The largest absolute Gasteiger partial charge is 0.424 e. The first-order valence-corrected chi connectivity index (χ1v) is 2.81. The average molecular weight is 180 g/mol. The summed E-state index contributed by atoms with van der Waals surface area (Å²) in [6.07, 6.45) is -3.43. The molecular weight excluding hydrogens is 177 g/mol. The van der Waals surface area contributed by atoms with E-state index in [1.54, 1.807) is 0 Å². The third-order valence-electron chi connectivity index (χ3n) is 1.23. The van der Waals surface area contributed by atoms with Crippen LogP contribution in [0.15, 0.2) is 12.4 Å². The second-order valence-electron chi connectivity index (χ2n) is 2.01. The van der Waals surface area contributed by atoms with Crippen molar-refractivity contribution in [1.29, 1.82) is 0 Å². The summed E-state index contributed by atoms with van der Waals surface area (Å²) in [5.41, 5.74) is -2.21. The highest BCUT2D eigenvalue weighted by molar-refractivity contribution is 5.39. The maximum absolute atomic E-state index is 11.9. The monoisotopic (exact) mass is 180 g/mol. The molecule has 1 rings (SSSR count). The lowest BCUT2D eigenvalue weighted by Gasteiger charge is -2.01. The van der Waals surface area contributed by atoms with E-state index in [1.807, 2.05) is 4.98 Å². The molecule has 0 radical (unpaired) electrons. The molecule has 0 aliphatic heterocycles. The van der Waals surface area contributed by atoms with Crippen molar-refractivity contribution in [2.45, 2.75) is 6.18 Å². The molecule has 12 heavy (non-hydrogen) atoms. The van der Waals surface area contributed by atoms with Gasteiger partial charge in [0, 0.05) is 6.20 Å². The quantitative estimate of drug-likeness (QED) is 0.530. The summed E-state index contributed by atoms with van der Waals surface area (Å²) in [6.45, 7) is 0. The Bertz CT molecular complexity index is 304. The van der Waals surface area contributed by atoms with Crippen LogP contribution in [-0.2, 0) is 6.18 Å². The van der Waals surface area contributed by atoms with E-state index in [0.29, 0.717) is 12.4 Å². The van der Waals surface area contributed by atoms with Crippen molar-refractivity contribution >= 4 is 5.69 Å². The normalized spacial score (nSPS) is 11.6. The number of nitrogens with zero attached hydrogens (tertiary/aromatic N) is 1. The molecule has 0 unspecified atom stereocenters. The molecule has 0 saturated carbocycles. The highest BCUT2D eigenvalue weighted by Crippen LogP contribution is 2.35. The Hall–Kier alpha value is -1.53. The first kappa shape index (κ1) is 8.57. The Balaban J connectivity index is 3.17. The van der Waals surface area contributed by atoms with E-state index in [-0.39, 0.29) is 0 Å². The van der Waals surface area contributed by atoms with E-state index in [1.165, 1.54) is 0 Å². The van der Waals surface area contributed by atoms with Gasteiger partial charge in [-0.25, -0.2) is 0 Å². The molecule has 66 valence electrons. The third kappa shape index (κ3) is 1.39. The summed E-state index contributed by atoms with van der Waals surface area (Å²) in [5.74, 6) is 0. The van der Waals surface area contributed by atoms with Crippen LogP contribution in [0.25, 0.3) is 0 Å². The lowest BCUT2D eigenvalue weighted by molar-refractivity contribution is -0.387. The van der Waals surface area contributed by atoms with Gasteiger partial charge in [0.1, 0.15) is 0 Å². The highest BCUT2D eigenvalue weighted by atomic mass is 19.4.